The lowest BCUT2D eigenvalue weighted by atomic mass is 9.91. The van der Waals surface area contributed by atoms with Crippen molar-refractivity contribution in [2.75, 3.05) is 51.2 Å². The van der Waals surface area contributed by atoms with Crippen LogP contribution in [0.5, 0.6) is 0 Å². The van der Waals surface area contributed by atoms with Gasteiger partial charge in [0.1, 0.15) is 0 Å². The highest BCUT2D eigenvalue weighted by Crippen LogP contribution is 2.18. The molecule has 1 aliphatic carbocycles. The first kappa shape index (κ1) is 42.6. The molecule has 224 valence electrons. The first-order valence-electron chi connectivity index (χ1n) is 10.4. The fraction of sp³-hybridized carbons (Fsp3) is 1.00. The molecule has 0 amide bonds. The molecule has 0 aromatic heterocycles. The molecule has 0 aliphatic heterocycles. The Kier molecular flexibility index (Phi) is 26.6. The molecule has 1 aliphatic rings. The van der Waals surface area contributed by atoms with Gasteiger partial charge in [0.05, 0.1) is 25.0 Å². The molecule has 0 heterocycles. The molecule has 36 heavy (non-hydrogen) atoms. The zero-order chi connectivity index (χ0) is 29.6. The third-order valence-electron chi connectivity index (χ3n) is 3.36. The van der Waals surface area contributed by atoms with Crippen molar-refractivity contribution in [3.63, 3.8) is 0 Å². The van der Waals surface area contributed by atoms with Crippen LogP contribution in [0.2, 0.25) is 0 Å². The number of rotatable bonds is 8. The average molecular weight is 613 g/mol. The summed E-state index contributed by atoms with van der Waals surface area (Å²) in [5.41, 5.74) is 10.9. The van der Waals surface area contributed by atoms with Crippen molar-refractivity contribution in [3.8, 4) is 0 Å². The van der Waals surface area contributed by atoms with E-state index in [1.54, 1.807) is 0 Å². The highest BCUT2D eigenvalue weighted by molar-refractivity contribution is 7.85. The van der Waals surface area contributed by atoms with E-state index in [0.29, 0.717) is 25.0 Å². The molecule has 0 atom stereocenters. The largest absolute Gasteiger partial charge is 0.330 e. The molecule has 16 nitrogen and oxygen atoms in total. The molecular formula is C16H44N4O12S4. The van der Waals surface area contributed by atoms with E-state index in [2.05, 4.69) is 10.6 Å². The van der Waals surface area contributed by atoms with E-state index in [-0.39, 0.29) is 0 Å². The SMILES string of the molecule is CS(=O)(=O)O.CS(=O)(=O)O.CS(=O)(=O)O.CS(=O)(=O)O.NCCCNC1CCC(NCCCN)CC1. The zero-order valence-corrected chi connectivity index (χ0v) is 24.3. The van der Waals surface area contributed by atoms with Crippen molar-refractivity contribution in [3.05, 3.63) is 0 Å². The van der Waals surface area contributed by atoms with Crippen LogP contribution in [0.25, 0.3) is 0 Å². The molecule has 0 aromatic carbocycles. The third-order valence-corrected chi connectivity index (χ3v) is 3.36. The van der Waals surface area contributed by atoms with Gasteiger partial charge in [0.2, 0.25) is 0 Å². The van der Waals surface area contributed by atoms with Crippen LogP contribution in [-0.2, 0) is 40.5 Å². The molecule has 1 rings (SSSR count). The second-order valence-corrected chi connectivity index (χ2v) is 13.5. The minimum Gasteiger partial charge on any atom is -0.330 e. The Labute approximate surface area is 216 Å². The Morgan fingerprint density at radius 1 is 0.556 bits per heavy atom. The number of nitrogens with two attached hydrogens (primary N) is 2. The fourth-order valence-electron chi connectivity index (χ4n) is 2.32. The molecule has 1 saturated carbocycles. The van der Waals surface area contributed by atoms with Crippen LogP contribution in [-0.4, -0.2) is 115 Å². The van der Waals surface area contributed by atoms with Crippen LogP contribution in [0.4, 0.5) is 0 Å². The molecule has 20 heteroatoms. The van der Waals surface area contributed by atoms with Crippen LogP contribution in [0.15, 0.2) is 0 Å². The van der Waals surface area contributed by atoms with Crippen molar-refractivity contribution in [1.29, 1.82) is 0 Å². The fourth-order valence-corrected chi connectivity index (χ4v) is 2.32. The summed E-state index contributed by atoms with van der Waals surface area (Å²) in [6.07, 6.45) is 10.2. The Morgan fingerprint density at radius 3 is 0.861 bits per heavy atom. The second-order valence-electron chi connectivity index (χ2n) is 7.67. The molecule has 0 bridgehead atoms. The van der Waals surface area contributed by atoms with Crippen molar-refractivity contribution < 1.29 is 51.9 Å². The molecule has 0 saturated heterocycles. The summed E-state index contributed by atoms with van der Waals surface area (Å²) >= 11 is 0. The van der Waals surface area contributed by atoms with Gasteiger partial charge >= 0.3 is 0 Å². The van der Waals surface area contributed by atoms with Gasteiger partial charge in [-0.3, -0.25) is 18.2 Å². The van der Waals surface area contributed by atoms with Gasteiger partial charge in [-0.15, -0.1) is 0 Å². The maximum Gasteiger partial charge on any atom is 0.261 e. The molecule has 0 unspecified atom stereocenters. The van der Waals surface area contributed by atoms with Crippen LogP contribution in [0.3, 0.4) is 0 Å². The van der Waals surface area contributed by atoms with Crippen LogP contribution < -0.4 is 22.1 Å². The monoisotopic (exact) mass is 612 g/mol. The van der Waals surface area contributed by atoms with Gasteiger partial charge in [0.25, 0.3) is 40.5 Å². The van der Waals surface area contributed by atoms with Gasteiger partial charge in [0, 0.05) is 12.1 Å². The lowest BCUT2D eigenvalue weighted by Crippen LogP contribution is -2.41. The van der Waals surface area contributed by atoms with Crippen LogP contribution in [0, 0.1) is 0 Å². The summed E-state index contributed by atoms with van der Waals surface area (Å²) in [6, 6.07) is 1.44. The molecule has 0 aromatic rings. The summed E-state index contributed by atoms with van der Waals surface area (Å²) < 4.78 is 103. The van der Waals surface area contributed by atoms with Crippen molar-refractivity contribution in [2.24, 2.45) is 11.5 Å². The van der Waals surface area contributed by atoms with E-state index in [1.807, 2.05) is 0 Å². The Balaban J connectivity index is -0.000000211. The molecule has 10 N–H and O–H groups in total. The van der Waals surface area contributed by atoms with Crippen LogP contribution in [0.1, 0.15) is 38.5 Å². The van der Waals surface area contributed by atoms with E-state index in [0.717, 1.165) is 51.1 Å². The lowest BCUT2D eigenvalue weighted by Gasteiger charge is -2.30. The maximum absolute atomic E-state index is 9.19. The Hall–Kier alpha value is -0.520. The summed E-state index contributed by atoms with van der Waals surface area (Å²) in [5, 5.41) is 7.17. The molecular weight excluding hydrogens is 568 g/mol. The number of hydrogen-bond acceptors (Lipinski definition) is 12. The van der Waals surface area contributed by atoms with Gasteiger partial charge in [-0.1, -0.05) is 0 Å². The van der Waals surface area contributed by atoms with Crippen molar-refractivity contribution in [2.45, 2.75) is 50.6 Å². The van der Waals surface area contributed by atoms with Crippen molar-refractivity contribution in [1.82, 2.24) is 10.6 Å². The van der Waals surface area contributed by atoms with Crippen LogP contribution >= 0.6 is 0 Å². The predicted molar refractivity (Wildman–Crippen MR) is 139 cm³/mol. The van der Waals surface area contributed by atoms with E-state index < -0.39 is 40.5 Å². The predicted octanol–water partition coefficient (Wildman–Crippen LogP) is -1.81. The van der Waals surface area contributed by atoms with E-state index in [4.69, 9.17) is 29.7 Å². The topological polar surface area (TPSA) is 294 Å². The average Bonchev–Trinajstić information content (AvgIpc) is 2.58. The normalized spacial score (nSPS) is 17.9. The van der Waals surface area contributed by atoms with Gasteiger partial charge in [-0.05, 0) is 64.7 Å². The summed E-state index contributed by atoms with van der Waals surface area (Å²) in [7, 11) is -14.7. The first-order valence-corrected chi connectivity index (χ1v) is 17.8. The molecule has 1 fully saturated rings. The minimum absolute atomic E-state index is 0.715. The molecule has 0 radical (unpaired) electrons. The van der Waals surface area contributed by atoms with Gasteiger partial charge < -0.3 is 22.1 Å². The summed E-state index contributed by atoms with van der Waals surface area (Å²) in [6.45, 7) is 3.74. The van der Waals surface area contributed by atoms with E-state index in [1.165, 1.54) is 25.7 Å². The standard InChI is InChI=1S/C12H28N4.4CH4O3S/c13-7-1-9-15-11-3-5-12(6-4-11)16-10-2-8-14;4*1-5(2,3)4/h11-12,15-16H,1-10,13-14H2;4*1H3,(H,2,3,4). The molecule has 0 spiro atoms. The number of nitrogens with one attached hydrogen (secondary N) is 2. The third kappa shape index (κ3) is 93.1. The van der Waals surface area contributed by atoms with E-state index >= 15 is 0 Å². The lowest BCUT2D eigenvalue weighted by molar-refractivity contribution is 0.307. The maximum atomic E-state index is 9.19. The Bertz CT molecular complexity index is 762. The number of hydrogen-bond donors (Lipinski definition) is 8. The highest BCUT2D eigenvalue weighted by Gasteiger charge is 2.19. The van der Waals surface area contributed by atoms with Gasteiger partial charge in [-0.25, -0.2) is 0 Å². The highest BCUT2D eigenvalue weighted by atomic mass is 32.2. The smallest absolute Gasteiger partial charge is 0.261 e. The zero-order valence-electron chi connectivity index (χ0n) is 21.1. The second kappa shape index (κ2) is 22.5. The van der Waals surface area contributed by atoms with Crippen molar-refractivity contribution >= 4 is 40.5 Å². The van der Waals surface area contributed by atoms with Gasteiger partial charge in [0.15, 0.2) is 0 Å². The summed E-state index contributed by atoms with van der Waals surface area (Å²) in [5.74, 6) is 0. The van der Waals surface area contributed by atoms with Gasteiger partial charge in [-0.2, -0.15) is 33.7 Å². The minimum atomic E-state index is -3.67. The summed E-state index contributed by atoms with van der Waals surface area (Å²) in [4.78, 5) is 0. The quantitative estimate of drug-likeness (QED) is 0.111. The Morgan fingerprint density at radius 2 is 0.722 bits per heavy atom. The first-order chi connectivity index (χ1) is 15.9. The van der Waals surface area contributed by atoms with E-state index in [9.17, 15) is 33.7 Å².